The summed E-state index contributed by atoms with van der Waals surface area (Å²) in [4.78, 5) is 12.2. The third-order valence-electron chi connectivity index (χ3n) is 3.99. The summed E-state index contributed by atoms with van der Waals surface area (Å²) in [7, 11) is -3.32. The number of hydrogen-bond donors (Lipinski definition) is 1. The van der Waals surface area contributed by atoms with Gasteiger partial charge in [0, 0.05) is 12.2 Å². The molecule has 1 saturated heterocycles. The Hall–Kier alpha value is -2.55. The maximum atomic E-state index is 13.0. The van der Waals surface area contributed by atoms with E-state index >= 15 is 0 Å². The van der Waals surface area contributed by atoms with Gasteiger partial charge < -0.3 is 5.32 Å². The fourth-order valence-corrected chi connectivity index (χ4v) is 4.33. The SMILES string of the molecule is O=C(Nc1ccc(N2CCCS2(=O)=O)cc1)c1ccccc1C(F)(F)F. The number of benzene rings is 2. The average Bonchev–Trinajstić information content (AvgIpc) is 2.94. The van der Waals surface area contributed by atoms with Crippen molar-refractivity contribution in [3.05, 3.63) is 59.7 Å². The highest BCUT2D eigenvalue weighted by Crippen LogP contribution is 2.32. The largest absolute Gasteiger partial charge is 0.417 e. The average molecular weight is 384 g/mol. The summed E-state index contributed by atoms with van der Waals surface area (Å²) in [6.45, 7) is 0.382. The van der Waals surface area contributed by atoms with E-state index in [1.807, 2.05) is 0 Å². The van der Waals surface area contributed by atoms with Gasteiger partial charge in [0.05, 0.1) is 22.6 Å². The third-order valence-corrected chi connectivity index (χ3v) is 5.86. The molecule has 0 unspecified atom stereocenters. The van der Waals surface area contributed by atoms with Crippen LogP contribution in [0.5, 0.6) is 0 Å². The fraction of sp³-hybridized carbons (Fsp3) is 0.235. The van der Waals surface area contributed by atoms with Crippen LogP contribution in [-0.4, -0.2) is 26.6 Å². The first-order chi connectivity index (χ1) is 12.2. The predicted octanol–water partition coefficient (Wildman–Crippen LogP) is 3.50. The van der Waals surface area contributed by atoms with Gasteiger partial charge in [0.1, 0.15) is 0 Å². The van der Waals surface area contributed by atoms with Gasteiger partial charge in [-0.1, -0.05) is 12.1 Å². The van der Waals surface area contributed by atoms with Crippen molar-refractivity contribution < 1.29 is 26.4 Å². The first kappa shape index (κ1) is 18.2. The van der Waals surface area contributed by atoms with Crippen LogP contribution in [-0.2, 0) is 16.2 Å². The van der Waals surface area contributed by atoms with E-state index in [1.54, 1.807) is 0 Å². The number of sulfonamides is 1. The highest BCUT2D eigenvalue weighted by molar-refractivity contribution is 7.93. The molecule has 0 radical (unpaired) electrons. The van der Waals surface area contributed by atoms with Gasteiger partial charge in [0.25, 0.3) is 5.91 Å². The zero-order valence-electron chi connectivity index (χ0n) is 13.5. The second kappa shape index (κ2) is 6.64. The molecule has 9 heteroatoms. The van der Waals surface area contributed by atoms with Crippen molar-refractivity contribution in [2.75, 3.05) is 21.9 Å². The number of carbonyl (C=O) groups is 1. The molecule has 138 valence electrons. The molecule has 0 aromatic heterocycles. The number of hydrogen-bond acceptors (Lipinski definition) is 3. The molecule has 0 aliphatic carbocycles. The molecule has 26 heavy (non-hydrogen) atoms. The molecule has 0 atom stereocenters. The molecular formula is C17H15F3N2O3S. The molecule has 1 aliphatic rings. The van der Waals surface area contributed by atoms with Gasteiger partial charge in [0.15, 0.2) is 0 Å². The maximum Gasteiger partial charge on any atom is 0.417 e. The lowest BCUT2D eigenvalue weighted by Gasteiger charge is -2.17. The van der Waals surface area contributed by atoms with Crippen LogP contribution in [0, 0.1) is 0 Å². The Kier molecular flexibility index (Phi) is 4.66. The van der Waals surface area contributed by atoms with Crippen molar-refractivity contribution in [1.29, 1.82) is 0 Å². The summed E-state index contributed by atoms with van der Waals surface area (Å²) in [5.74, 6) is -0.806. The van der Waals surface area contributed by atoms with Gasteiger partial charge in [-0.05, 0) is 42.8 Å². The topological polar surface area (TPSA) is 66.5 Å². The van der Waals surface area contributed by atoms with Crippen LogP contribution in [0.3, 0.4) is 0 Å². The Morgan fingerprint density at radius 2 is 1.69 bits per heavy atom. The molecule has 0 saturated carbocycles. The van der Waals surface area contributed by atoms with E-state index in [-0.39, 0.29) is 11.4 Å². The van der Waals surface area contributed by atoms with Crippen molar-refractivity contribution in [1.82, 2.24) is 0 Å². The zero-order chi connectivity index (χ0) is 18.9. The van der Waals surface area contributed by atoms with Crippen LogP contribution in [0.15, 0.2) is 48.5 Å². The summed E-state index contributed by atoms with van der Waals surface area (Å²) in [6.07, 6.45) is -4.10. The summed E-state index contributed by atoms with van der Waals surface area (Å²) < 4.78 is 64.1. The van der Waals surface area contributed by atoms with Crippen LogP contribution < -0.4 is 9.62 Å². The van der Waals surface area contributed by atoms with Crippen molar-refractivity contribution in [3.63, 3.8) is 0 Å². The second-order valence-corrected chi connectivity index (χ2v) is 7.80. The Balaban J connectivity index is 1.79. The van der Waals surface area contributed by atoms with Crippen LogP contribution in [0.2, 0.25) is 0 Å². The lowest BCUT2D eigenvalue weighted by Crippen LogP contribution is -2.25. The number of carbonyl (C=O) groups excluding carboxylic acids is 1. The number of nitrogens with one attached hydrogen (secondary N) is 1. The van der Waals surface area contributed by atoms with Crippen molar-refractivity contribution >= 4 is 27.3 Å². The van der Waals surface area contributed by atoms with Gasteiger partial charge in [0.2, 0.25) is 10.0 Å². The van der Waals surface area contributed by atoms with Crippen LogP contribution in [0.25, 0.3) is 0 Å². The van der Waals surface area contributed by atoms with E-state index in [1.165, 1.54) is 40.7 Å². The smallest absolute Gasteiger partial charge is 0.322 e. The zero-order valence-corrected chi connectivity index (χ0v) is 14.3. The molecule has 1 fully saturated rings. The molecule has 2 aromatic rings. The Bertz CT molecular complexity index is 925. The normalized spacial score (nSPS) is 16.5. The van der Waals surface area contributed by atoms with Gasteiger partial charge in [-0.2, -0.15) is 13.2 Å². The quantitative estimate of drug-likeness (QED) is 0.881. The molecule has 1 amide bonds. The van der Waals surface area contributed by atoms with E-state index in [0.717, 1.165) is 12.1 Å². The van der Waals surface area contributed by atoms with E-state index in [4.69, 9.17) is 0 Å². The van der Waals surface area contributed by atoms with E-state index in [2.05, 4.69) is 5.32 Å². The molecule has 1 aliphatic heterocycles. The van der Waals surface area contributed by atoms with E-state index in [0.29, 0.717) is 18.7 Å². The molecule has 2 aromatic carbocycles. The summed E-state index contributed by atoms with van der Waals surface area (Å²) >= 11 is 0. The summed E-state index contributed by atoms with van der Waals surface area (Å²) in [5.41, 5.74) is -0.771. The first-order valence-electron chi connectivity index (χ1n) is 7.76. The Morgan fingerprint density at radius 1 is 1.04 bits per heavy atom. The molecule has 0 spiro atoms. The molecule has 1 N–H and O–H groups in total. The van der Waals surface area contributed by atoms with Gasteiger partial charge >= 0.3 is 6.18 Å². The highest BCUT2D eigenvalue weighted by Gasteiger charge is 2.35. The number of nitrogens with zero attached hydrogens (tertiary/aromatic N) is 1. The van der Waals surface area contributed by atoms with Crippen molar-refractivity contribution in [2.24, 2.45) is 0 Å². The molecular weight excluding hydrogens is 369 g/mol. The third kappa shape index (κ3) is 3.67. The van der Waals surface area contributed by atoms with Crippen molar-refractivity contribution in [3.8, 4) is 0 Å². The summed E-state index contributed by atoms with van der Waals surface area (Å²) in [5, 5.41) is 2.40. The lowest BCUT2D eigenvalue weighted by atomic mass is 10.1. The van der Waals surface area contributed by atoms with Gasteiger partial charge in [-0.15, -0.1) is 0 Å². The minimum atomic E-state index is -4.64. The predicted molar refractivity (Wildman–Crippen MR) is 91.6 cm³/mol. The number of halogens is 3. The molecule has 3 rings (SSSR count). The minimum Gasteiger partial charge on any atom is -0.322 e. The molecule has 0 bridgehead atoms. The van der Waals surface area contributed by atoms with E-state index in [9.17, 15) is 26.4 Å². The fourth-order valence-electron chi connectivity index (χ4n) is 2.77. The highest BCUT2D eigenvalue weighted by atomic mass is 32.2. The van der Waals surface area contributed by atoms with Crippen LogP contribution in [0.4, 0.5) is 24.5 Å². The lowest BCUT2D eigenvalue weighted by molar-refractivity contribution is -0.137. The summed E-state index contributed by atoms with van der Waals surface area (Å²) in [6, 6.07) is 10.4. The standard InChI is InChI=1S/C17H15F3N2O3S/c18-17(19,20)15-5-2-1-4-14(15)16(23)21-12-6-8-13(9-7-12)22-10-3-11-26(22,24)25/h1-2,4-9H,3,10-11H2,(H,21,23). The molecule has 1 heterocycles. The first-order valence-corrected chi connectivity index (χ1v) is 9.37. The number of rotatable bonds is 3. The number of amides is 1. The number of alkyl halides is 3. The van der Waals surface area contributed by atoms with Crippen LogP contribution in [0.1, 0.15) is 22.3 Å². The minimum absolute atomic E-state index is 0.0830. The molecule has 5 nitrogen and oxygen atoms in total. The number of anilines is 2. The van der Waals surface area contributed by atoms with E-state index < -0.39 is 33.2 Å². The van der Waals surface area contributed by atoms with Gasteiger partial charge in [-0.25, -0.2) is 8.42 Å². The Morgan fingerprint density at radius 3 is 2.27 bits per heavy atom. The van der Waals surface area contributed by atoms with Crippen molar-refractivity contribution in [2.45, 2.75) is 12.6 Å². The Labute approximate surface area is 148 Å². The van der Waals surface area contributed by atoms with Crippen LogP contribution >= 0.6 is 0 Å². The maximum absolute atomic E-state index is 13.0. The van der Waals surface area contributed by atoms with Gasteiger partial charge in [-0.3, -0.25) is 9.10 Å². The monoisotopic (exact) mass is 384 g/mol. The second-order valence-electron chi connectivity index (χ2n) is 5.79.